The van der Waals surface area contributed by atoms with Crippen molar-refractivity contribution in [2.75, 3.05) is 5.75 Å². The number of aryl methyl sites for hydroxylation is 2. The molecule has 0 spiro atoms. The Kier molecular flexibility index (Phi) is 5.49. The monoisotopic (exact) mass is 429 g/mol. The molecule has 1 N–H and O–H groups in total. The molecule has 150 valence electrons. The molecule has 2 aromatic heterocycles. The quantitative estimate of drug-likeness (QED) is 0.480. The molecule has 4 aromatic rings. The average molecular weight is 430 g/mol. The predicted molar refractivity (Wildman–Crippen MR) is 114 cm³/mol. The largest absolute Gasteiger partial charge is 0.294 e. The van der Waals surface area contributed by atoms with Crippen molar-refractivity contribution in [3.8, 4) is 11.3 Å². The zero-order valence-electron chi connectivity index (χ0n) is 15.8. The van der Waals surface area contributed by atoms with E-state index < -0.39 is 10.0 Å². The van der Waals surface area contributed by atoms with Crippen LogP contribution in [0.5, 0.6) is 0 Å². The van der Waals surface area contributed by atoms with E-state index in [0.717, 1.165) is 32.4 Å². The minimum Gasteiger partial charge on any atom is -0.294 e. The summed E-state index contributed by atoms with van der Waals surface area (Å²) in [5.41, 5.74) is 3.53. The van der Waals surface area contributed by atoms with Crippen molar-refractivity contribution in [3.05, 3.63) is 82.7 Å². The highest BCUT2D eigenvalue weighted by molar-refractivity contribution is 7.89. The number of nitrogens with zero attached hydrogens (tertiary/aromatic N) is 2. The highest BCUT2D eigenvalue weighted by atomic mass is 32.2. The smallest absolute Gasteiger partial charge is 0.212 e. The summed E-state index contributed by atoms with van der Waals surface area (Å²) >= 11 is 1.45. The average Bonchev–Trinajstić information content (AvgIpc) is 3.26. The molecule has 0 atom stereocenters. The first-order valence-electron chi connectivity index (χ1n) is 9.16. The molecule has 0 saturated heterocycles. The molecule has 5 nitrogen and oxygen atoms in total. The highest BCUT2D eigenvalue weighted by Gasteiger charge is 2.16. The summed E-state index contributed by atoms with van der Waals surface area (Å²) in [4.78, 5) is 6.29. The van der Waals surface area contributed by atoms with Gasteiger partial charge in [0.15, 0.2) is 4.96 Å². The molecule has 0 unspecified atom stereocenters. The zero-order chi connectivity index (χ0) is 20.4. The van der Waals surface area contributed by atoms with Gasteiger partial charge in [-0.15, -0.1) is 0 Å². The molecule has 0 aliphatic heterocycles. The Balaban J connectivity index is 1.45. The van der Waals surface area contributed by atoms with Crippen molar-refractivity contribution < 1.29 is 12.8 Å². The van der Waals surface area contributed by atoms with Gasteiger partial charge in [0.1, 0.15) is 5.82 Å². The van der Waals surface area contributed by atoms with E-state index >= 15 is 0 Å². The third kappa shape index (κ3) is 4.55. The lowest BCUT2D eigenvalue weighted by molar-refractivity contribution is 0.581. The van der Waals surface area contributed by atoms with Crippen LogP contribution < -0.4 is 4.72 Å². The van der Waals surface area contributed by atoms with Crippen LogP contribution in [-0.4, -0.2) is 23.6 Å². The summed E-state index contributed by atoms with van der Waals surface area (Å²) < 4.78 is 42.4. The van der Waals surface area contributed by atoms with Gasteiger partial charge in [-0.1, -0.05) is 41.7 Å². The van der Waals surface area contributed by atoms with E-state index in [1.54, 1.807) is 12.1 Å². The zero-order valence-corrected chi connectivity index (χ0v) is 17.4. The van der Waals surface area contributed by atoms with Gasteiger partial charge in [-0.05, 0) is 43.2 Å². The summed E-state index contributed by atoms with van der Waals surface area (Å²) in [5.74, 6) is -0.236. The number of sulfonamides is 1. The molecule has 2 heterocycles. The molecule has 0 amide bonds. The van der Waals surface area contributed by atoms with E-state index in [1.807, 2.05) is 47.9 Å². The molecule has 0 fully saturated rings. The number of halogens is 1. The fourth-order valence-corrected chi connectivity index (χ4v) is 5.21. The van der Waals surface area contributed by atoms with Crippen LogP contribution in [0.15, 0.2) is 60.8 Å². The van der Waals surface area contributed by atoms with E-state index in [2.05, 4.69) is 9.71 Å². The molecule has 0 radical (unpaired) electrons. The fourth-order valence-electron chi connectivity index (χ4n) is 3.06. The van der Waals surface area contributed by atoms with Gasteiger partial charge in [-0.25, -0.2) is 22.5 Å². The van der Waals surface area contributed by atoms with Crippen LogP contribution in [0, 0.1) is 12.7 Å². The van der Waals surface area contributed by atoms with Crippen molar-refractivity contribution in [1.29, 1.82) is 0 Å². The van der Waals surface area contributed by atoms with E-state index in [4.69, 9.17) is 0 Å². The Morgan fingerprint density at radius 1 is 1.10 bits per heavy atom. The SMILES string of the molecule is Cc1c(CNS(=O)(=O)CCc2ccccc2)sc2nc(-c3ccc(F)cc3)cn12. The van der Waals surface area contributed by atoms with Gasteiger partial charge in [0.25, 0.3) is 0 Å². The second kappa shape index (κ2) is 8.06. The molecule has 8 heteroatoms. The first kappa shape index (κ1) is 19.8. The Hall–Kier alpha value is -2.55. The lowest BCUT2D eigenvalue weighted by atomic mass is 10.2. The van der Waals surface area contributed by atoms with Crippen LogP contribution >= 0.6 is 11.3 Å². The molecule has 0 aliphatic carbocycles. The number of imidazole rings is 1. The first-order chi connectivity index (χ1) is 13.9. The topological polar surface area (TPSA) is 63.5 Å². The van der Waals surface area contributed by atoms with Crippen LogP contribution in [0.3, 0.4) is 0 Å². The van der Waals surface area contributed by atoms with Gasteiger partial charge >= 0.3 is 0 Å². The molecular weight excluding hydrogens is 409 g/mol. The van der Waals surface area contributed by atoms with Crippen LogP contribution in [0.2, 0.25) is 0 Å². The normalized spacial score (nSPS) is 11.9. The third-order valence-electron chi connectivity index (χ3n) is 4.75. The van der Waals surface area contributed by atoms with E-state index in [9.17, 15) is 12.8 Å². The van der Waals surface area contributed by atoms with E-state index in [1.165, 1.54) is 23.5 Å². The van der Waals surface area contributed by atoms with Crippen molar-refractivity contribution in [1.82, 2.24) is 14.1 Å². The van der Waals surface area contributed by atoms with Gasteiger partial charge in [-0.2, -0.15) is 0 Å². The Labute approximate surface area is 172 Å². The lowest BCUT2D eigenvalue weighted by Crippen LogP contribution is -2.26. The molecule has 29 heavy (non-hydrogen) atoms. The minimum absolute atomic E-state index is 0.0489. The fraction of sp³-hybridized carbons (Fsp3) is 0.190. The number of rotatable bonds is 7. The lowest BCUT2D eigenvalue weighted by Gasteiger charge is -2.06. The molecule has 4 rings (SSSR count). The Morgan fingerprint density at radius 3 is 2.52 bits per heavy atom. The van der Waals surface area contributed by atoms with Crippen LogP contribution in [0.1, 0.15) is 16.1 Å². The second-order valence-corrected chi connectivity index (χ2v) is 9.76. The number of nitrogens with one attached hydrogen (secondary N) is 1. The maximum atomic E-state index is 13.1. The molecule has 0 saturated carbocycles. The van der Waals surface area contributed by atoms with Crippen LogP contribution in [-0.2, 0) is 23.0 Å². The first-order valence-corrected chi connectivity index (χ1v) is 11.6. The summed E-state index contributed by atoms with van der Waals surface area (Å²) in [6, 6.07) is 15.8. The highest BCUT2D eigenvalue weighted by Crippen LogP contribution is 2.27. The van der Waals surface area contributed by atoms with Crippen LogP contribution in [0.25, 0.3) is 16.2 Å². The standard InChI is InChI=1S/C21H20FN3O2S2/c1-15-20(13-23-29(26,27)12-11-16-5-3-2-4-6-16)28-21-24-19(14-25(15)21)17-7-9-18(22)10-8-17/h2-10,14,23H,11-13H2,1H3. The molecule has 0 aliphatic rings. The molecule has 2 aromatic carbocycles. The number of fused-ring (bicyclic) bond motifs is 1. The Morgan fingerprint density at radius 2 is 1.83 bits per heavy atom. The maximum absolute atomic E-state index is 13.1. The van der Waals surface area contributed by atoms with Crippen LogP contribution in [0.4, 0.5) is 4.39 Å². The number of hydrogen-bond donors (Lipinski definition) is 1. The summed E-state index contributed by atoms with van der Waals surface area (Å²) in [5, 5.41) is 0. The summed E-state index contributed by atoms with van der Waals surface area (Å²) in [7, 11) is -3.38. The summed E-state index contributed by atoms with van der Waals surface area (Å²) in [6.45, 7) is 2.18. The molecule has 0 bridgehead atoms. The van der Waals surface area contributed by atoms with E-state index in [-0.39, 0.29) is 18.1 Å². The Bertz CT molecular complexity index is 1230. The van der Waals surface area contributed by atoms with Crippen molar-refractivity contribution in [2.45, 2.75) is 19.9 Å². The predicted octanol–water partition coefficient (Wildman–Crippen LogP) is 4.17. The summed E-state index contributed by atoms with van der Waals surface area (Å²) in [6.07, 6.45) is 2.37. The number of hydrogen-bond acceptors (Lipinski definition) is 4. The second-order valence-electron chi connectivity index (χ2n) is 6.77. The van der Waals surface area contributed by atoms with Crippen molar-refractivity contribution >= 4 is 26.3 Å². The maximum Gasteiger partial charge on any atom is 0.212 e. The van der Waals surface area contributed by atoms with E-state index in [0.29, 0.717) is 6.42 Å². The van der Waals surface area contributed by atoms with Gasteiger partial charge < -0.3 is 0 Å². The minimum atomic E-state index is -3.38. The van der Waals surface area contributed by atoms with Gasteiger partial charge in [0.05, 0.1) is 11.4 Å². The number of benzene rings is 2. The number of aromatic nitrogens is 2. The molecular formula is C21H20FN3O2S2. The van der Waals surface area contributed by atoms with Gasteiger partial charge in [0.2, 0.25) is 10.0 Å². The van der Waals surface area contributed by atoms with Gasteiger partial charge in [0, 0.05) is 28.9 Å². The van der Waals surface area contributed by atoms with Gasteiger partial charge in [-0.3, -0.25) is 4.40 Å². The third-order valence-corrected chi connectivity index (χ3v) is 7.23. The number of thiazole rings is 1. The van der Waals surface area contributed by atoms with Crippen molar-refractivity contribution in [2.24, 2.45) is 0 Å². The van der Waals surface area contributed by atoms with Crippen molar-refractivity contribution in [3.63, 3.8) is 0 Å².